The number of pyridine rings is 1. The van der Waals surface area contributed by atoms with Crippen LogP contribution in [0.3, 0.4) is 0 Å². The molecule has 2 rings (SSSR count). The van der Waals surface area contributed by atoms with Crippen molar-refractivity contribution in [1.82, 2.24) is 10.3 Å². The molecule has 21 heavy (non-hydrogen) atoms. The van der Waals surface area contributed by atoms with E-state index in [1.165, 1.54) is 50.6 Å². The molecule has 0 aromatic carbocycles. The van der Waals surface area contributed by atoms with Crippen molar-refractivity contribution in [2.45, 2.75) is 71.3 Å². The third-order valence-electron chi connectivity index (χ3n) is 5.10. The zero-order valence-electron chi connectivity index (χ0n) is 13.9. The molecular weight excluding hydrogens is 256 g/mol. The SMILES string of the molecule is CCCNC(CCc1ccccn1)C1CCCCC1CC. The van der Waals surface area contributed by atoms with Gasteiger partial charge in [-0.05, 0) is 56.2 Å². The molecule has 0 bridgehead atoms. The summed E-state index contributed by atoms with van der Waals surface area (Å²) in [4.78, 5) is 4.49. The summed E-state index contributed by atoms with van der Waals surface area (Å²) < 4.78 is 0. The number of aromatic nitrogens is 1. The van der Waals surface area contributed by atoms with E-state index in [1.54, 1.807) is 0 Å². The van der Waals surface area contributed by atoms with Gasteiger partial charge in [-0.2, -0.15) is 0 Å². The molecule has 118 valence electrons. The molecule has 1 aliphatic rings. The van der Waals surface area contributed by atoms with E-state index in [0.717, 1.165) is 24.8 Å². The van der Waals surface area contributed by atoms with E-state index in [2.05, 4.69) is 36.3 Å². The van der Waals surface area contributed by atoms with E-state index in [9.17, 15) is 0 Å². The smallest absolute Gasteiger partial charge is 0.0404 e. The van der Waals surface area contributed by atoms with Gasteiger partial charge in [-0.15, -0.1) is 0 Å². The molecule has 3 unspecified atom stereocenters. The van der Waals surface area contributed by atoms with E-state index in [4.69, 9.17) is 0 Å². The molecule has 1 aromatic rings. The fraction of sp³-hybridized carbons (Fsp3) is 0.737. The van der Waals surface area contributed by atoms with Crippen LogP contribution >= 0.6 is 0 Å². The highest BCUT2D eigenvalue weighted by atomic mass is 14.9. The first-order valence-electron chi connectivity index (χ1n) is 8.98. The predicted molar refractivity (Wildman–Crippen MR) is 90.4 cm³/mol. The van der Waals surface area contributed by atoms with Gasteiger partial charge < -0.3 is 5.32 Å². The van der Waals surface area contributed by atoms with Gasteiger partial charge in [0.2, 0.25) is 0 Å². The maximum absolute atomic E-state index is 4.49. The van der Waals surface area contributed by atoms with Gasteiger partial charge in [0.25, 0.3) is 0 Å². The number of hydrogen-bond acceptors (Lipinski definition) is 2. The predicted octanol–water partition coefficient (Wildman–Crippen LogP) is 4.60. The zero-order chi connectivity index (χ0) is 14.9. The molecule has 0 amide bonds. The van der Waals surface area contributed by atoms with E-state index in [1.807, 2.05) is 12.3 Å². The Kier molecular flexibility index (Phi) is 7.21. The molecule has 1 aliphatic carbocycles. The standard InChI is InChI=1S/C19H32N2/c1-3-14-21-19(13-12-17-10-7-8-15-20-17)18-11-6-5-9-16(18)4-2/h7-8,10,15-16,18-19,21H,3-6,9,11-14H2,1-2H3. The molecule has 1 N–H and O–H groups in total. The van der Waals surface area contributed by atoms with Crippen LogP contribution in [-0.4, -0.2) is 17.6 Å². The average Bonchev–Trinajstić information content (AvgIpc) is 2.56. The monoisotopic (exact) mass is 288 g/mol. The summed E-state index contributed by atoms with van der Waals surface area (Å²) in [5.41, 5.74) is 1.24. The molecule has 0 radical (unpaired) electrons. The van der Waals surface area contributed by atoms with Gasteiger partial charge >= 0.3 is 0 Å². The number of nitrogens with zero attached hydrogens (tertiary/aromatic N) is 1. The number of nitrogens with one attached hydrogen (secondary N) is 1. The minimum Gasteiger partial charge on any atom is -0.314 e. The molecule has 0 spiro atoms. The van der Waals surface area contributed by atoms with E-state index in [0.29, 0.717) is 6.04 Å². The fourth-order valence-electron chi connectivity index (χ4n) is 3.92. The summed E-state index contributed by atoms with van der Waals surface area (Å²) in [6, 6.07) is 6.95. The highest BCUT2D eigenvalue weighted by Gasteiger charge is 2.30. The molecule has 0 aliphatic heterocycles. The van der Waals surface area contributed by atoms with Gasteiger partial charge in [-0.25, -0.2) is 0 Å². The van der Waals surface area contributed by atoms with Crippen molar-refractivity contribution in [1.29, 1.82) is 0 Å². The lowest BCUT2D eigenvalue weighted by Gasteiger charge is -2.37. The quantitative estimate of drug-likeness (QED) is 0.756. The second-order valence-electron chi connectivity index (χ2n) is 6.54. The molecule has 3 atom stereocenters. The molecule has 1 saturated carbocycles. The minimum atomic E-state index is 0.678. The summed E-state index contributed by atoms with van der Waals surface area (Å²) in [5.74, 6) is 1.80. The first-order chi connectivity index (χ1) is 10.3. The second kappa shape index (κ2) is 9.19. The van der Waals surface area contributed by atoms with Crippen molar-refractivity contribution in [3.8, 4) is 0 Å². The molecule has 1 aromatic heterocycles. The second-order valence-corrected chi connectivity index (χ2v) is 6.54. The summed E-state index contributed by atoms with van der Waals surface area (Å²) in [7, 11) is 0. The topological polar surface area (TPSA) is 24.9 Å². The Hall–Kier alpha value is -0.890. The third kappa shape index (κ3) is 5.10. The first-order valence-corrected chi connectivity index (χ1v) is 8.98. The van der Waals surface area contributed by atoms with Crippen molar-refractivity contribution in [2.24, 2.45) is 11.8 Å². The van der Waals surface area contributed by atoms with E-state index in [-0.39, 0.29) is 0 Å². The molecule has 1 fully saturated rings. The Morgan fingerprint density at radius 1 is 1.24 bits per heavy atom. The van der Waals surface area contributed by atoms with Crippen molar-refractivity contribution >= 4 is 0 Å². The van der Waals surface area contributed by atoms with Gasteiger partial charge in [0.15, 0.2) is 0 Å². The first kappa shape index (κ1) is 16.5. The zero-order valence-corrected chi connectivity index (χ0v) is 13.9. The maximum atomic E-state index is 4.49. The van der Waals surface area contributed by atoms with Crippen LogP contribution in [0.25, 0.3) is 0 Å². The lowest BCUT2D eigenvalue weighted by atomic mass is 9.73. The van der Waals surface area contributed by atoms with Gasteiger partial charge in [-0.3, -0.25) is 4.98 Å². The largest absolute Gasteiger partial charge is 0.314 e. The van der Waals surface area contributed by atoms with Crippen molar-refractivity contribution in [3.63, 3.8) is 0 Å². The molecule has 2 nitrogen and oxygen atoms in total. The van der Waals surface area contributed by atoms with Crippen LogP contribution in [0.15, 0.2) is 24.4 Å². The van der Waals surface area contributed by atoms with Crippen LogP contribution in [0.2, 0.25) is 0 Å². The molecule has 1 heterocycles. The number of rotatable bonds is 8. The van der Waals surface area contributed by atoms with Crippen molar-refractivity contribution in [2.75, 3.05) is 6.54 Å². The van der Waals surface area contributed by atoms with Crippen LogP contribution in [0.4, 0.5) is 0 Å². The van der Waals surface area contributed by atoms with Crippen LogP contribution in [0.1, 0.15) is 64.5 Å². The Bertz CT molecular complexity index is 376. The lowest BCUT2D eigenvalue weighted by molar-refractivity contribution is 0.169. The number of aryl methyl sites for hydroxylation is 1. The van der Waals surface area contributed by atoms with E-state index < -0.39 is 0 Å². The lowest BCUT2D eigenvalue weighted by Crippen LogP contribution is -2.41. The van der Waals surface area contributed by atoms with Gasteiger partial charge in [-0.1, -0.05) is 45.6 Å². The summed E-state index contributed by atoms with van der Waals surface area (Å²) in [6.45, 7) is 5.79. The Labute approximate surface area is 130 Å². The maximum Gasteiger partial charge on any atom is 0.0404 e. The molecule has 0 saturated heterocycles. The van der Waals surface area contributed by atoms with Gasteiger partial charge in [0.1, 0.15) is 0 Å². The van der Waals surface area contributed by atoms with Crippen LogP contribution in [0.5, 0.6) is 0 Å². The normalized spacial score (nSPS) is 23.9. The highest BCUT2D eigenvalue weighted by Crippen LogP contribution is 2.35. The van der Waals surface area contributed by atoms with Crippen LogP contribution in [-0.2, 0) is 6.42 Å². The Balaban J connectivity index is 1.95. The summed E-state index contributed by atoms with van der Waals surface area (Å²) in [6.07, 6.45) is 12.6. The average molecular weight is 288 g/mol. The van der Waals surface area contributed by atoms with Gasteiger partial charge in [0, 0.05) is 17.9 Å². The Morgan fingerprint density at radius 3 is 2.81 bits per heavy atom. The molecular formula is C19H32N2. The Morgan fingerprint density at radius 2 is 2.10 bits per heavy atom. The van der Waals surface area contributed by atoms with Gasteiger partial charge in [0.05, 0.1) is 0 Å². The third-order valence-corrected chi connectivity index (χ3v) is 5.10. The van der Waals surface area contributed by atoms with Crippen molar-refractivity contribution < 1.29 is 0 Å². The van der Waals surface area contributed by atoms with Crippen LogP contribution in [0, 0.1) is 11.8 Å². The van der Waals surface area contributed by atoms with E-state index >= 15 is 0 Å². The molecule has 2 heteroatoms. The van der Waals surface area contributed by atoms with Crippen molar-refractivity contribution in [3.05, 3.63) is 30.1 Å². The summed E-state index contributed by atoms with van der Waals surface area (Å²) in [5, 5.41) is 3.85. The fourth-order valence-corrected chi connectivity index (χ4v) is 3.92. The summed E-state index contributed by atoms with van der Waals surface area (Å²) >= 11 is 0. The number of hydrogen-bond donors (Lipinski definition) is 1. The highest BCUT2D eigenvalue weighted by molar-refractivity contribution is 5.04. The minimum absolute atomic E-state index is 0.678. The van der Waals surface area contributed by atoms with Crippen LogP contribution < -0.4 is 5.32 Å².